The maximum absolute atomic E-state index is 11.6. The minimum atomic E-state index is -1.47. The van der Waals surface area contributed by atoms with Crippen molar-refractivity contribution in [2.75, 3.05) is 5.33 Å². The zero-order valence-corrected chi connectivity index (χ0v) is 12.2. The predicted octanol–water partition coefficient (Wildman–Crippen LogP) is 3.85. The summed E-state index contributed by atoms with van der Waals surface area (Å²) in [5, 5.41) is 0.797. The van der Waals surface area contributed by atoms with Crippen LogP contribution in [0.25, 0.3) is 0 Å². The van der Waals surface area contributed by atoms with Gasteiger partial charge in [0.25, 0.3) is 0 Å². The van der Waals surface area contributed by atoms with E-state index >= 15 is 0 Å². The molecule has 0 aliphatic carbocycles. The predicted molar refractivity (Wildman–Crippen MR) is 65.4 cm³/mol. The third-order valence-corrected chi connectivity index (χ3v) is 10.5. The van der Waals surface area contributed by atoms with Crippen molar-refractivity contribution in [2.24, 2.45) is 0 Å². The molecule has 0 rings (SSSR count). The highest BCUT2D eigenvalue weighted by Gasteiger charge is 2.42. The first kappa shape index (κ1) is 13.4. The lowest BCUT2D eigenvalue weighted by Crippen LogP contribution is -2.44. The van der Waals surface area contributed by atoms with Gasteiger partial charge < -0.3 is 0 Å². The second kappa shape index (κ2) is 4.26. The molecule has 0 spiro atoms. The summed E-state index contributed by atoms with van der Waals surface area (Å²) < 4.78 is 0. The van der Waals surface area contributed by atoms with Gasteiger partial charge in [-0.2, -0.15) is 0 Å². The van der Waals surface area contributed by atoms with Crippen LogP contribution in [0.4, 0.5) is 0 Å². The summed E-state index contributed by atoms with van der Waals surface area (Å²) in [6, 6.07) is 0. The molecular weight excluding hydrogens is 244 g/mol. The lowest BCUT2D eigenvalue weighted by Gasteiger charge is -2.41. The van der Waals surface area contributed by atoms with Gasteiger partial charge in [0.1, 0.15) is 5.78 Å². The number of carbonyl (C=O) groups is 1. The molecule has 78 valence electrons. The number of hydrogen-bond donors (Lipinski definition) is 0. The van der Waals surface area contributed by atoms with Gasteiger partial charge in [0.15, 0.2) is 0 Å². The maximum Gasteiger partial charge on any atom is 0.143 e. The summed E-state index contributed by atoms with van der Waals surface area (Å²) in [5.74, 6) is 0.353. The molecule has 0 saturated heterocycles. The molecule has 0 saturated carbocycles. The summed E-state index contributed by atoms with van der Waals surface area (Å²) in [7, 11) is -1.47. The molecule has 0 aromatic heterocycles. The first-order chi connectivity index (χ1) is 5.64. The van der Waals surface area contributed by atoms with E-state index in [0.29, 0.717) is 16.2 Å². The van der Waals surface area contributed by atoms with Crippen LogP contribution in [0.2, 0.25) is 23.7 Å². The van der Waals surface area contributed by atoms with Crippen molar-refractivity contribution in [1.82, 2.24) is 0 Å². The highest BCUT2D eigenvalue weighted by Crippen LogP contribution is 2.43. The van der Waals surface area contributed by atoms with Crippen molar-refractivity contribution in [1.29, 1.82) is 0 Å². The van der Waals surface area contributed by atoms with E-state index in [2.05, 4.69) is 56.7 Å². The highest BCUT2D eigenvalue weighted by atomic mass is 79.9. The zero-order chi connectivity index (χ0) is 10.9. The summed E-state index contributed by atoms with van der Waals surface area (Å²) in [6.07, 6.45) is 0. The van der Waals surface area contributed by atoms with Gasteiger partial charge in [-0.1, -0.05) is 56.7 Å². The molecule has 0 unspecified atom stereocenters. The van der Waals surface area contributed by atoms with Crippen LogP contribution in [-0.4, -0.2) is 19.2 Å². The number of carbonyl (C=O) groups excluding carboxylic acids is 1. The van der Waals surface area contributed by atoms with Gasteiger partial charge in [-0.05, 0) is 5.04 Å². The zero-order valence-electron chi connectivity index (χ0n) is 9.57. The molecule has 3 heteroatoms. The molecule has 13 heavy (non-hydrogen) atoms. The summed E-state index contributed by atoms with van der Waals surface area (Å²) >= 11 is 3.25. The molecule has 0 aromatic rings. The number of hydrogen-bond acceptors (Lipinski definition) is 1. The summed E-state index contributed by atoms with van der Waals surface area (Å²) in [6.45, 7) is 13.4. The van der Waals surface area contributed by atoms with Crippen molar-refractivity contribution in [3.05, 3.63) is 0 Å². The molecule has 0 N–H and O–H groups in total. The summed E-state index contributed by atoms with van der Waals surface area (Å²) in [4.78, 5) is 11.6. The van der Waals surface area contributed by atoms with E-state index in [0.717, 1.165) is 0 Å². The molecule has 1 nitrogen and oxygen atoms in total. The van der Waals surface area contributed by atoms with Crippen LogP contribution in [0, 0.1) is 0 Å². The standard InChI is InChI=1S/C10H21BrOSi/c1-8(9(12)7-11)13(5,6)10(2,3)4/h8H,7H2,1-6H3/t8-/m0/s1. The van der Waals surface area contributed by atoms with E-state index < -0.39 is 8.07 Å². The summed E-state index contributed by atoms with van der Waals surface area (Å²) in [5.41, 5.74) is 0.242. The normalized spacial score (nSPS) is 15.6. The van der Waals surface area contributed by atoms with Gasteiger partial charge in [-0.25, -0.2) is 0 Å². The van der Waals surface area contributed by atoms with Crippen LogP contribution >= 0.6 is 15.9 Å². The fourth-order valence-electron chi connectivity index (χ4n) is 1.17. The number of ketones is 1. The molecule has 0 aliphatic heterocycles. The Bertz CT molecular complexity index is 194. The van der Waals surface area contributed by atoms with Crippen molar-refractivity contribution in [3.63, 3.8) is 0 Å². The van der Waals surface area contributed by atoms with Crippen molar-refractivity contribution < 1.29 is 4.79 Å². The van der Waals surface area contributed by atoms with Crippen LogP contribution < -0.4 is 0 Å². The third kappa shape index (κ3) is 2.91. The molecule has 0 heterocycles. The molecule has 0 bridgehead atoms. The van der Waals surface area contributed by atoms with E-state index in [1.807, 2.05) is 0 Å². The van der Waals surface area contributed by atoms with E-state index in [1.54, 1.807) is 0 Å². The Morgan fingerprint density at radius 1 is 1.38 bits per heavy atom. The molecule has 0 radical (unpaired) electrons. The topological polar surface area (TPSA) is 17.1 Å². The van der Waals surface area contributed by atoms with Crippen molar-refractivity contribution >= 4 is 29.8 Å². The molecular formula is C10H21BrOSi. The fraction of sp³-hybridized carbons (Fsp3) is 0.900. The number of rotatable bonds is 3. The molecule has 0 aliphatic rings. The van der Waals surface area contributed by atoms with Crippen LogP contribution in [0.1, 0.15) is 27.7 Å². The van der Waals surface area contributed by atoms with Gasteiger partial charge in [0.05, 0.1) is 13.4 Å². The van der Waals surface area contributed by atoms with Crippen LogP contribution in [0.5, 0.6) is 0 Å². The maximum atomic E-state index is 11.6. The smallest absolute Gasteiger partial charge is 0.143 e. The lowest BCUT2D eigenvalue weighted by molar-refractivity contribution is -0.116. The minimum Gasteiger partial charge on any atom is -0.299 e. The average Bonchev–Trinajstić information content (AvgIpc) is 1.99. The first-order valence-electron chi connectivity index (χ1n) is 4.73. The average molecular weight is 265 g/mol. The molecule has 1 atom stereocenters. The van der Waals surface area contributed by atoms with E-state index in [4.69, 9.17) is 0 Å². The van der Waals surface area contributed by atoms with Crippen molar-refractivity contribution in [2.45, 2.75) is 51.4 Å². The second-order valence-corrected chi connectivity index (χ2v) is 11.7. The van der Waals surface area contributed by atoms with Crippen LogP contribution in [-0.2, 0) is 4.79 Å². The SMILES string of the molecule is C[C@@H](C(=O)CBr)[Si](C)(C)C(C)(C)C. The second-order valence-electron chi connectivity index (χ2n) is 5.29. The first-order valence-corrected chi connectivity index (χ1v) is 8.93. The van der Waals surface area contributed by atoms with E-state index in [9.17, 15) is 4.79 Å². The number of Topliss-reactive ketones (excluding diaryl/α,β-unsaturated/α-hetero) is 1. The Morgan fingerprint density at radius 3 is 2.00 bits per heavy atom. The minimum absolute atomic E-state index is 0.242. The van der Waals surface area contributed by atoms with Crippen LogP contribution in [0.3, 0.4) is 0 Å². The van der Waals surface area contributed by atoms with Gasteiger partial charge in [-0.15, -0.1) is 0 Å². The Labute approximate surface area is 91.4 Å². The Morgan fingerprint density at radius 2 is 1.77 bits per heavy atom. The quantitative estimate of drug-likeness (QED) is 0.559. The largest absolute Gasteiger partial charge is 0.299 e. The molecule has 0 amide bonds. The molecule has 0 aromatic carbocycles. The fourth-order valence-corrected chi connectivity index (χ4v) is 4.16. The van der Waals surface area contributed by atoms with E-state index in [1.165, 1.54) is 0 Å². The number of alkyl halides is 1. The van der Waals surface area contributed by atoms with Gasteiger partial charge in [-0.3, -0.25) is 4.79 Å². The monoisotopic (exact) mass is 264 g/mol. The van der Waals surface area contributed by atoms with Crippen molar-refractivity contribution in [3.8, 4) is 0 Å². The van der Waals surface area contributed by atoms with E-state index in [-0.39, 0.29) is 5.54 Å². The Hall–Kier alpha value is 0.367. The van der Waals surface area contributed by atoms with Gasteiger partial charge >= 0.3 is 0 Å². The Kier molecular flexibility index (Phi) is 4.38. The third-order valence-electron chi connectivity index (χ3n) is 3.63. The highest BCUT2D eigenvalue weighted by molar-refractivity contribution is 9.09. The van der Waals surface area contributed by atoms with Gasteiger partial charge in [0.2, 0.25) is 0 Å². The molecule has 0 fully saturated rings. The number of halogens is 1. The van der Waals surface area contributed by atoms with Gasteiger partial charge in [0, 0.05) is 5.54 Å². The lowest BCUT2D eigenvalue weighted by atomic mass is 10.2. The van der Waals surface area contributed by atoms with Crippen LogP contribution in [0.15, 0.2) is 0 Å². The Balaban J connectivity index is 4.74.